The summed E-state index contributed by atoms with van der Waals surface area (Å²) in [5, 5.41) is 9.83. The largest absolute Gasteiger partial charge is 0.357 e. The number of nitrogens with zero attached hydrogens (tertiary/aromatic N) is 4. The number of unbranched alkanes of at least 4 members (excludes halogenated alkanes) is 2. The van der Waals surface area contributed by atoms with E-state index in [1.54, 1.807) is 9.47 Å². The van der Waals surface area contributed by atoms with Crippen LogP contribution in [0.1, 0.15) is 88.8 Å². The van der Waals surface area contributed by atoms with Crippen molar-refractivity contribution in [2.45, 2.75) is 85.6 Å². The molecule has 1 aromatic rings. The van der Waals surface area contributed by atoms with Gasteiger partial charge in [-0.05, 0) is 50.2 Å². The van der Waals surface area contributed by atoms with Gasteiger partial charge in [0.2, 0.25) is 0 Å². The number of thioether (sulfide) groups is 1. The second-order valence-electron chi connectivity index (χ2n) is 9.56. The van der Waals surface area contributed by atoms with Gasteiger partial charge >= 0.3 is 0 Å². The topological polar surface area (TPSA) is 69.3 Å². The fraction of sp³-hybridized carbons (Fsp3) is 0.630. The Morgan fingerprint density at radius 2 is 1.83 bits per heavy atom. The normalized spacial score (nSPS) is 18.1. The van der Waals surface area contributed by atoms with Gasteiger partial charge in [0.25, 0.3) is 11.5 Å². The molecule has 3 rings (SSSR count). The van der Waals surface area contributed by atoms with Gasteiger partial charge in [0, 0.05) is 31.7 Å². The van der Waals surface area contributed by atoms with E-state index in [0.29, 0.717) is 33.8 Å². The summed E-state index contributed by atoms with van der Waals surface area (Å²) >= 11 is 6.96. The lowest BCUT2D eigenvalue weighted by atomic mass is 9.99. The third-order valence-corrected chi connectivity index (χ3v) is 8.50. The van der Waals surface area contributed by atoms with Crippen LogP contribution in [0.2, 0.25) is 0 Å². The zero-order valence-electron chi connectivity index (χ0n) is 21.6. The van der Waals surface area contributed by atoms with Gasteiger partial charge in [0.1, 0.15) is 21.8 Å². The molecule has 0 N–H and O–H groups in total. The van der Waals surface area contributed by atoms with Crippen LogP contribution in [0, 0.1) is 24.2 Å². The van der Waals surface area contributed by atoms with E-state index in [9.17, 15) is 14.9 Å². The Balaban J connectivity index is 2.07. The quantitative estimate of drug-likeness (QED) is 0.273. The van der Waals surface area contributed by atoms with E-state index in [2.05, 4.69) is 31.7 Å². The van der Waals surface area contributed by atoms with Crippen LogP contribution in [-0.2, 0) is 11.3 Å². The first-order valence-corrected chi connectivity index (χ1v) is 14.3. The van der Waals surface area contributed by atoms with Gasteiger partial charge in [-0.15, -0.1) is 0 Å². The number of anilines is 1. The summed E-state index contributed by atoms with van der Waals surface area (Å²) in [5.41, 5.74) is 1.38. The van der Waals surface area contributed by atoms with Gasteiger partial charge in [0.15, 0.2) is 0 Å². The van der Waals surface area contributed by atoms with Crippen molar-refractivity contribution in [2.75, 3.05) is 24.5 Å². The van der Waals surface area contributed by atoms with Gasteiger partial charge < -0.3 is 4.90 Å². The Kier molecular flexibility index (Phi) is 9.99. The molecule has 2 saturated heterocycles. The smallest absolute Gasteiger partial charge is 0.270 e. The fourth-order valence-corrected chi connectivity index (χ4v) is 6.16. The van der Waals surface area contributed by atoms with E-state index in [1.807, 2.05) is 13.0 Å². The van der Waals surface area contributed by atoms with Crippen molar-refractivity contribution in [2.24, 2.45) is 5.92 Å². The van der Waals surface area contributed by atoms with Crippen LogP contribution in [0.3, 0.4) is 0 Å². The maximum absolute atomic E-state index is 13.5. The minimum Gasteiger partial charge on any atom is -0.357 e. The molecular formula is C27H38N4O2S2. The molecule has 0 bridgehead atoms. The number of pyridine rings is 1. The highest BCUT2D eigenvalue weighted by Gasteiger charge is 2.34. The Hall–Kier alpha value is -2.11. The van der Waals surface area contributed by atoms with Crippen LogP contribution in [0.15, 0.2) is 9.70 Å². The molecule has 8 heteroatoms. The highest BCUT2D eigenvalue weighted by molar-refractivity contribution is 8.26. The van der Waals surface area contributed by atoms with Crippen LogP contribution in [0.25, 0.3) is 6.08 Å². The summed E-state index contributed by atoms with van der Waals surface area (Å²) in [6, 6.07) is 2.14. The van der Waals surface area contributed by atoms with Crippen molar-refractivity contribution in [3.63, 3.8) is 0 Å². The first-order chi connectivity index (χ1) is 16.9. The molecule has 1 aromatic heterocycles. The monoisotopic (exact) mass is 514 g/mol. The van der Waals surface area contributed by atoms with Crippen molar-refractivity contribution in [1.29, 1.82) is 5.26 Å². The first kappa shape index (κ1) is 27.5. The molecule has 3 heterocycles. The minimum absolute atomic E-state index is 0.0634. The summed E-state index contributed by atoms with van der Waals surface area (Å²) in [5.74, 6) is 1.21. The van der Waals surface area contributed by atoms with Crippen molar-refractivity contribution in [3.05, 3.63) is 31.9 Å². The summed E-state index contributed by atoms with van der Waals surface area (Å²) in [7, 11) is 0. The lowest BCUT2D eigenvalue weighted by Crippen LogP contribution is -2.34. The molecule has 1 amide bonds. The third kappa shape index (κ3) is 6.00. The molecule has 0 radical (unpaired) electrons. The third-order valence-electron chi connectivity index (χ3n) is 7.12. The number of thiocarbonyl (C=S) groups is 1. The number of nitriles is 1. The zero-order chi connectivity index (χ0) is 25.5. The van der Waals surface area contributed by atoms with Gasteiger partial charge in [-0.3, -0.25) is 19.1 Å². The SMILES string of the molecule is CCCCC(CC)CN1C(=O)/C(=C/c2c(C)c(C#N)c(=O)n(CCCC)c2N2CCCC2)SC1=S. The molecule has 190 valence electrons. The number of aromatic nitrogens is 1. The van der Waals surface area contributed by atoms with Crippen molar-refractivity contribution < 1.29 is 4.79 Å². The molecule has 1 atom stereocenters. The second kappa shape index (κ2) is 12.7. The summed E-state index contributed by atoms with van der Waals surface area (Å²) < 4.78 is 2.36. The predicted octanol–water partition coefficient (Wildman–Crippen LogP) is 5.85. The Bertz CT molecular complexity index is 1080. The maximum atomic E-state index is 13.5. The zero-order valence-corrected chi connectivity index (χ0v) is 23.2. The Labute approximate surface area is 219 Å². The number of rotatable bonds is 11. The highest BCUT2D eigenvalue weighted by atomic mass is 32.2. The van der Waals surface area contributed by atoms with Gasteiger partial charge in [-0.1, -0.05) is 70.4 Å². The van der Waals surface area contributed by atoms with Crippen LogP contribution in [0.5, 0.6) is 0 Å². The summed E-state index contributed by atoms with van der Waals surface area (Å²) in [6.45, 7) is 11.2. The van der Waals surface area contributed by atoms with E-state index in [-0.39, 0.29) is 17.0 Å². The first-order valence-electron chi connectivity index (χ1n) is 13.1. The summed E-state index contributed by atoms with van der Waals surface area (Å²) in [4.78, 5) is 31.3. The van der Waals surface area contributed by atoms with Gasteiger partial charge in [-0.25, -0.2) is 0 Å². The minimum atomic E-state index is -0.230. The summed E-state index contributed by atoms with van der Waals surface area (Å²) in [6.07, 6.45) is 10.2. The van der Waals surface area contributed by atoms with Gasteiger partial charge in [-0.2, -0.15) is 5.26 Å². The maximum Gasteiger partial charge on any atom is 0.270 e. The molecule has 2 aliphatic heterocycles. The second-order valence-corrected chi connectivity index (χ2v) is 11.2. The molecule has 6 nitrogen and oxygen atoms in total. The van der Waals surface area contributed by atoms with Crippen molar-refractivity contribution in [1.82, 2.24) is 9.47 Å². The molecule has 0 spiro atoms. The van der Waals surface area contributed by atoms with Crippen molar-refractivity contribution in [3.8, 4) is 6.07 Å². The molecule has 0 aliphatic carbocycles. The standard InChI is InChI=1S/C27H38N4O2S2/c1-5-8-12-20(7-3)18-31-26(33)23(35-27(31)34)16-21-19(4)22(17-28)25(32)30(15-9-6-2)24(21)29-13-10-11-14-29/h16,20H,5-15,18H2,1-4H3/b23-16-. The van der Waals surface area contributed by atoms with Crippen LogP contribution in [0.4, 0.5) is 5.82 Å². The molecule has 35 heavy (non-hydrogen) atoms. The Morgan fingerprint density at radius 1 is 1.14 bits per heavy atom. The number of hydrogen-bond donors (Lipinski definition) is 0. The lowest BCUT2D eigenvalue weighted by Gasteiger charge is -2.27. The average Bonchev–Trinajstić information content (AvgIpc) is 3.47. The van der Waals surface area contributed by atoms with E-state index < -0.39 is 0 Å². The molecule has 0 saturated carbocycles. The predicted molar refractivity (Wildman–Crippen MR) is 150 cm³/mol. The van der Waals surface area contributed by atoms with Crippen LogP contribution >= 0.6 is 24.0 Å². The highest BCUT2D eigenvalue weighted by Crippen LogP contribution is 2.37. The molecule has 1 unspecified atom stereocenters. The molecule has 0 aromatic carbocycles. The number of amides is 1. The van der Waals surface area contributed by atoms with E-state index in [1.165, 1.54) is 11.8 Å². The number of carbonyl (C=O) groups is 1. The number of carbonyl (C=O) groups excluding carboxylic acids is 1. The van der Waals surface area contributed by atoms with E-state index >= 15 is 0 Å². The molecular weight excluding hydrogens is 476 g/mol. The van der Waals surface area contributed by atoms with E-state index in [4.69, 9.17) is 12.2 Å². The van der Waals surface area contributed by atoms with E-state index in [0.717, 1.165) is 75.8 Å². The lowest BCUT2D eigenvalue weighted by molar-refractivity contribution is -0.122. The number of hydrogen-bond acceptors (Lipinski definition) is 6. The molecule has 2 aliphatic rings. The van der Waals surface area contributed by atoms with Crippen LogP contribution < -0.4 is 10.5 Å². The van der Waals surface area contributed by atoms with Crippen molar-refractivity contribution >= 4 is 46.1 Å². The van der Waals surface area contributed by atoms with Gasteiger partial charge in [0.05, 0.1) is 4.91 Å². The molecule has 2 fully saturated rings. The Morgan fingerprint density at radius 3 is 2.43 bits per heavy atom. The fourth-order valence-electron chi connectivity index (χ4n) is 4.90. The van der Waals surface area contributed by atoms with Crippen LogP contribution in [-0.4, -0.2) is 39.3 Å². The average molecular weight is 515 g/mol.